The van der Waals surface area contributed by atoms with Crippen LogP contribution in [0.25, 0.3) is 11.1 Å². The first-order valence-corrected chi connectivity index (χ1v) is 21.7. The maximum Gasteiger partial charge on any atom is 0.165 e. The first-order valence-electron chi connectivity index (χ1n) is 21.7. The van der Waals surface area contributed by atoms with Gasteiger partial charge < -0.3 is 89.0 Å². The van der Waals surface area contributed by atoms with Gasteiger partial charge in [-0.3, -0.25) is 0 Å². The fourth-order valence-corrected chi connectivity index (χ4v) is 9.27. The van der Waals surface area contributed by atoms with Crippen LogP contribution in [0.3, 0.4) is 0 Å². The molecule has 10 N–H and O–H groups in total. The second-order valence-electron chi connectivity index (χ2n) is 17.0. The molecule has 2 fully saturated rings. The number of hydrogen-bond acceptors (Lipinski definition) is 18. The van der Waals surface area contributed by atoms with Gasteiger partial charge in [0, 0.05) is 35.8 Å². The third-order valence-corrected chi connectivity index (χ3v) is 13.0. The van der Waals surface area contributed by atoms with Crippen molar-refractivity contribution in [1.82, 2.24) is 0 Å². The van der Waals surface area contributed by atoms with Crippen LogP contribution >= 0.6 is 0 Å². The highest BCUT2D eigenvalue weighted by atomic mass is 16.5. The minimum atomic E-state index is -1.66. The Morgan fingerprint density at radius 1 is 0.544 bits per heavy atom. The Kier molecular flexibility index (Phi) is 15.0. The summed E-state index contributed by atoms with van der Waals surface area (Å²) in [5.41, 5.74) is -0.854. The quantitative estimate of drug-likeness (QED) is 0.0560. The maximum atomic E-state index is 12.2. The lowest BCUT2D eigenvalue weighted by atomic mass is 9.79. The van der Waals surface area contributed by atoms with Gasteiger partial charge in [0.1, 0.15) is 6.10 Å². The van der Waals surface area contributed by atoms with Crippen LogP contribution in [0, 0.1) is 11.8 Å². The Morgan fingerprint density at radius 2 is 1.04 bits per heavy atom. The molecule has 7 rings (SSSR count). The van der Waals surface area contributed by atoms with E-state index in [4.69, 9.17) is 37.9 Å². The number of phenolic OH excluding ortho intramolecular Hbond substituents is 4. The average molecular weight is 947 g/mol. The molecule has 0 bridgehead atoms. The smallest absolute Gasteiger partial charge is 0.165 e. The molecule has 0 amide bonds. The molecule has 18 heteroatoms. The van der Waals surface area contributed by atoms with Crippen LogP contribution in [0.5, 0.6) is 57.5 Å². The Hall–Kier alpha value is -6.22. The number of phenols is 4. The molecule has 0 unspecified atom stereocenters. The van der Waals surface area contributed by atoms with Crippen LogP contribution in [0.1, 0.15) is 46.1 Å². The van der Waals surface area contributed by atoms with E-state index in [1.165, 1.54) is 71.9 Å². The van der Waals surface area contributed by atoms with Crippen LogP contribution < -0.4 is 28.4 Å². The molecule has 0 radical (unpaired) electrons. The van der Waals surface area contributed by atoms with E-state index in [9.17, 15) is 51.1 Å². The Labute approximate surface area is 392 Å². The van der Waals surface area contributed by atoms with Crippen molar-refractivity contribution in [3.63, 3.8) is 0 Å². The Balaban J connectivity index is 1.15. The standard InChI is InChI=1S/C50H58O18/c1-61-38-16-28(7-9-35(38)54)44(56)43(23-53)68-37-11-6-26(13-40(37)63-3)19-49(59)24-67-48(34(49)22-52)30-15-32(46(58)42(18-30)65-5)31-12-27(14-41(64-4)45(31)57)20-50(60)25-66-47(33(50)21-51)29-8-10-36(55)39(17-29)62-2/h6-18,33-34,43-44,47-48,51-60H,19-25H2,1-5H3/t33-,34-,43+,44-,47+,48-,49-,50-/m1/s1. The number of ether oxygens (including phenoxy) is 8. The topological polar surface area (TPSA) is 276 Å². The van der Waals surface area contributed by atoms with Gasteiger partial charge in [-0.05, 0) is 88.5 Å². The van der Waals surface area contributed by atoms with Crippen molar-refractivity contribution in [3.05, 3.63) is 107 Å². The lowest BCUT2D eigenvalue weighted by Crippen LogP contribution is -2.41. The second-order valence-corrected chi connectivity index (χ2v) is 17.0. The summed E-state index contributed by atoms with van der Waals surface area (Å²) < 4.78 is 45.4. The third-order valence-electron chi connectivity index (χ3n) is 13.0. The van der Waals surface area contributed by atoms with Gasteiger partial charge in [0.25, 0.3) is 0 Å². The molecule has 366 valence electrons. The van der Waals surface area contributed by atoms with Crippen LogP contribution in [0.15, 0.2) is 78.9 Å². The molecular weight excluding hydrogens is 889 g/mol. The molecule has 5 aromatic carbocycles. The summed E-state index contributed by atoms with van der Waals surface area (Å²) in [6.45, 7) is -1.99. The zero-order valence-electron chi connectivity index (χ0n) is 38.2. The van der Waals surface area contributed by atoms with Gasteiger partial charge in [-0.2, -0.15) is 0 Å². The molecular formula is C50H58O18. The number of rotatable bonds is 19. The van der Waals surface area contributed by atoms with E-state index in [1.807, 2.05) is 0 Å². The van der Waals surface area contributed by atoms with Gasteiger partial charge in [-0.25, -0.2) is 0 Å². The second kappa shape index (κ2) is 20.6. The molecule has 2 aliphatic rings. The van der Waals surface area contributed by atoms with Crippen LogP contribution in [-0.2, 0) is 22.3 Å². The zero-order chi connectivity index (χ0) is 49.1. The van der Waals surface area contributed by atoms with Crippen molar-refractivity contribution >= 4 is 0 Å². The molecule has 2 aliphatic heterocycles. The summed E-state index contributed by atoms with van der Waals surface area (Å²) in [4.78, 5) is 0. The van der Waals surface area contributed by atoms with Crippen molar-refractivity contribution in [2.24, 2.45) is 11.8 Å². The lowest BCUT2D eigenvalue weighted by Gasteiger charge is -2.30. The summed E-state index contributed by atoms with van der Waals surface area (Å²) in [6.07, 6.45) is -4.34. The van der Waals surface area contributed by atoms with Crippen molar-refractivity contribution in [1.29, 1.82) is 0 Å². The van der Waals surface area contributed by atoms with E-state index in [0.29, 0.717) is 27.8 Å². The number of aliphatic hydroxyl groups excluding tert-OH is 4. The van der Waals surface area contributed by atoms with Gasteiger partial charge in [0.2, 0.25) is 0 Å². The molecule has 0 spiro atoms. The lowest BCUT2D eigenvalue weighted by molar-refractivity contribution is -0.0155. The highest BCUT2D eigenvalue weighted by Crippen LogP contribution is 2.51. The van der Waals surface area contributed by atoms with Crippen LogP contribution in [-0.4, -0.2) is 137 Å². The van der Waals surface area contributed by atoms with E-state index in [1.54, 1.807) is 42.5 Å². The Morgan fingerprint density at radius 3 is 1.62 bits per heavy atom. The number of aromatic hydroxyl groups is 4. The molecule has 0 aromatic heterocycles. The van der Waals surface area contributed by atoms with Crippen molar-refractivity contribution in [3.8, 4) is 68.6 Å². The van der Waals surface area contributed by atoms with Crippen LogP contribution in [0.4, 0.5) is 0 Å². The predicted octanol–water partition coefficient (Wildman–Crippen LogP) is 4.00. The van der Waals surface area contributed by atoms with E-state index in [-0.39, 0.29) is 94.7 Å². The summed E-state index contributed by atoms with van der Waals surface area (Å²) in [6, 6.07) is 19.9. The summed E-state index contributed by atoms with van der Waals surface area (Å²) >= 11 is 0. The normalized spacial score (nSPS) is 23.2. The molecule has 2 heterocycles. The van der Waals surface area contributed by atoms with Crippen LogP contribution in [0.2, 0.25) is 0 Å². The highest BCUT2D eigenvalue weighted by Gasteiger charge is 2.50. The average Bonchev–Trinajstić information content (AvgIpc) is 3.86. The van der Waals surface area contributed by atoms with Crippen molar-refractivity contribution in [2.75, 3.05) is 68.6 Å². The summed E-state index contributed by atoms with van der Waals surface area (Å²) in [7, 11) is 6.87. The number of methoxy groups -OCH3 is 5. The highest BCUT2D eigenvalue weighted by molar-refractivity contribution is 5.81. The van der Waals surface area contributed by atoms with E-state index < -0.39 is 67.3 Å². The first kappa shape index (κ1) is 49.7. The van der Waals surface area contributed by atoms with Gasteiger partial charge >= 0.3 is 0 Å². The van der Waals surface area contributed by atoms with Crippen molar-refractivity contribution in [2.45, 2.75) is 48.5 Å². The number of hydrogen-bond donors (Lipinski definition) is 10. The fraction of sp³-hybridized carbons (Fsp3) is 0.400. The minimum Gasteiger partial charge on any atom is -0.504 e. The molecule has 68 heavy (non-hydrogen) atoms. The molecule has 5 aromatic rings. The third kappa shape index (κ3) is 9.59. The molecule has 18 nitrogen and oxygen atoms in total. The van der Waals surface area contributed by atoms with E-state index in [2.05, 4.69) is 0 Å². The zero-order valence-corrected chi connectivity index (χ0v) is 38.2. The van der Waals surface area contributed by atoms with E-state index in [0.717, 1.165) is 0 Å². The van der Waals surface area contributed by atoms with E-state index >= 15 is 0 Å². The predicted molar refractivity (Wildman–Crippen MR) is 243 cm³/mol. The number of aliphatic hydroxyl groups is 6. The SMILES string of the molecule is COc1cc([C@@H](O)[C@H](CO)Oc2ccc(C[C@@]3(O)CO[C@H](c4cc(OC)c(O)c(-c5cc(C[C@@]6(O)CO[C@@H](c7ccc(O)c(OC)c7)[C@H]6CO)cc(OC)c5O)c4)[C@H]3CO)cc2OC)ccc1O. The molecule has 0 saturated carbocycles. The molecule has 0 aliphatic carbocycles. The van der Waals surface area contributed by atoms with Crippen molar-refractivity contribution < 1.29 is 89.0 Å². The minimum absolute atomic E-state index is 0.0106. The van der Waals surface area contributed by atoms with Gasteiger partial charge in [0.15, 0.2) is 63.6 Å². The number of benzene rings is 5. The molecule has 2 saturated heterocycles. The first-order chi connectivity index (χ1) is 32.6. The Bertz CT molecular complexity index is 2570. The fourth-order valence-electron chi connectivity index (χ4n) is 9.27. The monoisotopic (exact) mass is 946 g/mol. The largest absolute Gasteiger partial charge is 0.504 e. The summed E-state index contributed by atoms with van der Waals surface area (Å²) in [5.74, 6) is -1.97. The van der Waals surface area contributed by atoms with Gasteiger partial charge in [-0.1, -0.05) is 18.2 Å². The van der Waals surface area contributed by atoms with Gasteiger partial charge in [-0.15, -0.1) is 0 Å². The van der Waals surface area contributed by atoms with Gasteiger partial charge in [0.05, 0.1) is 92.0 Å². The molecule has 8 atom stereocenters. The maximum absolute atomic E-state index is 12.2. The summed E-state index contributed by atoms with van der Waals surface area (Å²) in [5, 5.41) is 110.